The first-order chi connectivity index (χ1) is 10.0. The fourth-order valence-corrected chi connectivity index (χ4v) is 1.65. The first-order valence-corrected chi connectivity index (χ1v) is 5.85. The Morgan fingerprint density at radius 2 is 2.14 bits per heavy atom. The molecule has 0 saturated heterocycles. The average molecular weight is 292 g/mol. The number of benzene rings is 1. The number of halogens is 1. The van der Waals surface area contributed by atoms with Crippen LogP contribution in [0.2, 0.25) is 0 Å². The van der Waals surface area contributed by atoms with Gasteiger partial charge in [0.05, 0.1) is 17.4 Å². The summed E-state index contributed by atoms with van der Waals surface area (Å²) in [5.74, 6) is -0.558. The summed E-state index contributed by atoms with van der Waals surface area (Å²) in [5, 5.41) is 20.2. The third-order valence-corrected chi connectivity index (χ3v) is 2.68. The fraction of sp³-hybridized carbons (Fsp3) is 0.0833. The molecule has 0 aliphatic heterocycles. The number of amidine groups is 1. The zero-order valence-electron chi connectivity index (χ0n) is 11.0. The highest BCUT2D eigenvalue weighted by atomic mass is 19.1. The van der Waals surface area contributed by atoms with Crippen molar-refractivity contribution < 1.29 is 14.4 Å². The van der Waals surface area contributed by atoms with E-state index in [1.807, 2.05) is 0 Å². The standard InChI is InChI=1S/C12H13FN6O2/c1-19-11(7(6-15-19)10(14)18-21)17-12(20)16-9-5-3-2-4-8(9)13/h2-6,21H,1H3,(H2,14,18)(H2,16,17,20). The summed E-state index contributed by atoms with van der Waals surface area (Å²) in [4.78, 5) is 11.9. The number of para-hydroxylation sites is 1. The summed E-state index contributed by atoms with van der Waals surface area (Å²) >= 11 is 0. The molecule has 8 nitrogen and oxygen atoms in total. The molecule has 5 N–H and O–H groups in total. The van der Waals surface area contributed by atoms with Crippen LogP contribution in [0.4, 0.5) is 20.7 Å². The van der Waals surface area contributed by atoms with Gasteiger partial charge in [-0.05, 0) is 12.1 Å². The highest BCUT2D eigenvalue weighted by Gasteiger charge is 2.15. The number of anilines is 2. The van der Waals surface area contributed by atoms with E-state index < -0.39 is 11.8 Å². The molecule has 0 fully saturated rings. The maximum absolute atomic E-state index is 13.4. The Labute approximate surface area is 119 Å². The van der Waals surface area contributed by atoms with E-state index in [0.717, 1.165) is 0 Å². The molecule has 9 heteroatoms. The highest BCUT2D eigenvalue weighted by Crippen LogP contribution is 2.16. The molecule has 0 spiro atoms. The van der Waals surface area contributed by atoms with Crippen molar-refractivity contribution in [1.29, 1.82) is 0 Å². The van der Waals surface area contributed by atoms with Crippen molar-refractivity contribution >= 4 is 23.4 Å². The van der Waals surface area contributed by atoms with Crippen LogP contribution >= 0.6 is 0 Å². The number of urea groups is 1. The predicted molar refractivity (Wildman–Crippen MR) is 74.8 cm³/mol. The molecule has 1 aromatic heterocycles. The minimum absolute atomic E-state index is 0.0301. The van der Waals surface area contributed by atoms with Crippen molar-refractivity contribution in [3.05, 3.63) is 41.8 Å². The lowest BCUT2D eigenvalue weighted by atomic mass is 10.3. The monoisotopic (exact) mass is 292 g/mol. The number of nitrogens with zero attached hydrogens (tertiary/aromatic N) is 3. The number of nitrogens with one attached hydrogen (secondary N) is 2. The van der Waals surface area contributed by atoms with Crippen LogP contribution in [0.25, 0.3) is 0 Å². The summed E-state index contributed by atoms with van der Waals surface area (Å²) in [6.07, 6.45) is 1.33. The van der Waals surface area contributed by atoms with Crippen molar-refractivity contribution in [2.45, 2.75) is 0 Å². The molecule has 1 heterocycles. The zero-order valence-corrected chi connectivity index (χ0v) is 11.0. The van der Waals surface area contributed by atoms with Gasteiger partial charge in [0.25, 0.3) is 0 Å². The molecule has 2 rings (SSSR count). The smallest absolute Gasteiger partial charge is 0.324 e. The normalized spacial score (nSPS) is 11.2. The van der Waals surface area contributed by atoms with Gasteiger partial charge in [0.15, 0.2) is 5.84 Å². The second kappa shape index (κ2) is 5.90. The Kier molecular flexibility index (Phi) is 4.02. The Morgan fingerprint density at radius 3 is 2.81 bits per heavy atom. The van der Waals surface area contributed by atoms with E-state index in [0.29, 0.717) is 0 Å². The van der Waals surface area contributed by atoms with Gasteiger partial charge in [0.1, 0.15) is 11.6 Å². The minimum atomic E-state index is -0.685. The van der Waals surface area contributed by atoms with Crippen LogP contribution in [0.3, 0.4) is 0 Å². The number of carbonyl (C=O) groups excluding carboxylic acids is 1. The molecule has 0 aliphatic rings. The topological polar surface area (TPSA) is 118 Å². The molecule has 2 aromatic rings. The van der Waals surface area contributed by atoms with E-state index in [9.17, 15) is 9.18 Å². The molecule has 1 aromatic carbocycles. The van der Waals surface area contributed by atoms with Crippen molar-refractivity contribution in [2.75, 3.05) is 10.6 Å². The average Bonchev–Trinajstić information content (AvgIpc) is 2.82. The molecule has 0 saturated carbocycles. The first kappa shape index (κ1) is 14.3. The lowest BCUT2D eigenvalue weighted by Crippen LogP contribution is -2.24. The van der Waals surface area contributed by atoms with Gasteiger partial charge in [0.2, 0.25) is 0 Å². The molecule has 0 aliphatic carbocycles. The van der Waals surface area contributed by atoms with Crippen LogP contribution in [-0.2, 0) is 7.05 Å². The van der Waals surface area contributed by atoms with Gasteiger partial charge in [-0.1, -0.05) is 17.3 Å². The minimum Gasteiger partial charge on any atom is -0.409 e. The Morgan fingerprint density at radius 1 is 1.43 bits per heavy atom. The van der Waals surface area contributed by atoms with E-state index in [1.165, 1.54) is 29.1 Å². The summed E-state index contributed by atoms with van der Waals surface area (Å²) in [6.45, 7) is 0. The molecular formula is C12H13FN6O2. The number of rotatable bonds is 3. The molecule has 0 radical (unpaired) electrons. The van der Waals surface area contributed by atoms with Gasteiger partial charge in [-0.25, -0.2) is 9.18 Å². The number of hydrogen-bond acceptors (Lipinski definition) is 4. The molecule has 0 bridgehead atoms. The van der Waals surface area contributed by atoms with E-state index >= 15 is 0 Å². The highest BCUT2D eigenvalue weighted by molar-refractivity contribution is 6.06. The van der Waals surface area contributed by atoms with Gasteiger partial charge in [-0.2, -0.15) is 5.10 Å². The predicted octanol–water partition coefficient (Wildman–Crippen LogP) is 1.30. The summed E-state index contributed by atoms with van der Waals surface area (Å²) in [7, 11) is 1.56. The van der Waals surface area contributed by atoms with Crippen LogP contribution in [0.15, 0.2) is 35.6 Å². The first-order valence-electron chi connectivity index (χ1n) is 5.85. The number of amides is 2. The van der Waals surface area contributed by atoms with Crippen molar-refractivity contribution in [3.8, 4) is 0 Å². The number of nitrogens with two attached hydrogens (primary N) is 1. The number of oxime groups is 1. The largest absolute Gasteiger partial charge is 0.409 e. The third-order valence-electron chi connectivity index (χ3n) is 2.68. The fourth-order valence-electron chi connectivity index (χ4n) is 1.65. The van der Waals surface area contributed by atoms with Gasteiger partial charge in [-0.3, -0.25) is 10.00 Å². The van der Waals surface area contributed by atoms with Crippen LogP contribution in [0.5, 0.6) is 0 Å². The van der Waals surface area contributed by atoms with Crippen LogP contribution in [-0.4, -0.2) is 26.9 Å². The van der Waals surface area contributed by atoms with Crippen LogP contribution < -0.4 is 16.4 Å². The van der Waals surface area contributed by atoms with Gasteiger partial charge in [0, 0.05) is 7.05 Å². The van der Waals surface area contributed by atoms with E-state index in [1.54, 1.807) is 13.1 Å². The molecule has 0 unspecified atom stereocenters. The van der Waals surface area contributed by atoms with Crippen molar-refractivity contribution in [2.24, 2.45) is 17.9 Å². The SMILES string of the molecule is Cn1ncc(C(N)=NO)c1NC(=O)Nc1ccccc1F. The summed E-state index contributed by atoms with van der Waals surface area (Å²) < 4.78 is 14.8. The third kappa shape index (κ3) is 3.08. The second-order valence-corrected chi connectivity index (χ2v) is 4.07. The molecule has 21 heavy (non-hydrogen) atoms. The Bertz CT molecular complexity index is 697. The van der Waals surface area contributed by atoms with E-state index in [4.69, 9.17) is 10.9 Å². The maximum atomic E-state index is 13.4. The molecule has 0 atom stereocenters. The molecule has 2 amide bonds. The Hall–Kier alpha value is -3.10. The molecular weight excluding hydrogens is 279 g/mol. The molecule has 110 valence electrons. The number of carbonyl (C=O) groups is 1. The second-order valence-electron chi connectivity index (χ2n) is 4.07. The van der Waals surface area contributed by atoms with Crippen molar-refractivity contribution in [3.63, 3.8) is 0 Å². The van der Waals surface area contributed by atoms with Gasteiger partial charge < -0.3 is 16.3 Å². The summed E-state index contributed by atoms with van der Waals surface area (Å²) in [5.41, 5.74) is 5.75. The quantitative estimate of drug-likeness (QED) is 0.295. The number of aromatic nitrogens is 2. The van der Waals surface area contributed by atoms with E-state index in [2.05, 4.69) is 20.9 Å². The van der Waals surface area contributed by atoms with Gasteiger partial charge in [-0.15, -0.1) is 0 Å². The lowest BCUT2D eigenvalue weighted by molar-refractivity contribution is 0.262. The van der Waals surface area contributed by atoms with E-state index in [-0.39, 0.29) is 22.9 Å². The van der Waals surface area contributed by atoms with Crippen molar-refractivity contribution in [1.82, 2.24) is 9.78 Å². The maximum Gasteiger partial charge on any atom is 0.324 e. The number of aryl methyl sites for hydroxylation is 1. The number of hydrogen-bond donors (Lipinski definition) is 4. The zero-order chi connectivity index (χ0) is 15.4. The van der Waals surface area contributed by atoms with Gasteiger partial charge >= 0.3 is 6.03 Å². The lowest BCUT2D eigenvalue weighted by Gasteiger charge is -2.10. The van der Waals surface area contributed by atoms with Crippen LogP contribution in [0, 0.1) is 5.82 Å². The van der Waals surface area contributed by atoms with Crippen LogP contribution in [0.1, 0.15) is 5.56 Å². The Balaban J connectivity index is 2.17. The summed E-state index contributed by atoms with van der Waals surface area (Å²) in [6, 6.07) is 5.06.